The van der Waals surface area contributed by atoms with Gasteiger partial charge in [-0.3, -0.25) is 4.79 Å². The lowest BCUT2D eigenvalue weighted by Gasteiger charge is -2.06. The van der Waals surface area contributed by atoms with Crippen LogP contribution in [-0.4, -0.2) is 6.29 Å². The highest BCUT2D eigenvalue weighted by Crippen LogP contribution is 2.26. The first-order valence-corrected chi connectivity index (χ1v) is 5.66. The molecule has 0 bridgehead atoms. The molecule has 2 aromatic carbocycles. The molecule has 0 aromatic heterocycles. The lowest BCUT2D eigenvalue weighted by Crippen LogP contribution is -1.86. The standard InChI is InChI=1S/C13H8BrFO2/c14-12-7-11(5-6-13(12)15)17-10-3-1-9(8-16)2-4-10/h1-8H. The van der Waals surface area contributed by atoms with Gasteiger partial charge in [0.2, 0.25) is 0 Å². The Kier molecular flexibility index (Phi) is 3.54. The molecule has 0 radical (unpaired) electrons. The van der Waals surface area contributed by atoms with Crippen molar-refractivity contribution >= 4 is 22.2 Å². The first kappa shape index (κ1) is 11.8. The van der Waals surface area contributed by atoms with Gasteiger partial charge in [-0.2, -0.15) is 0 Å². The quantitative estimate of drug-likeness (QED) is 0.793. The molecule has 0 amide bonds. The van der Waals surface area contributed by atoms with Crippen molar-refractivity contribution in [1.29, 1.82) is 0 Å². The second-order valence-electron chi connectivity index (χ2n) is 3.36. The summed E-state index contributed by atoms with van der Waals surface area (Å²) < 4.78 is 18.8. The van der Waals surface area contributed by atoms with E-state index in [2.05, 4.69) is 15.9 Å². The SMILES string of the molecule is O=Cc1ccc(Oc2ccc(F)c(Br)c2)cc1. The molecule has 0 aliphatic heterocycles. The van der Waals surface area contributed by atoms with Crippen molar-refractivity contribution in [2.45, 2.75) is 0 Å². The molecule has 0 fully saturated rings. The molecule has 2 rings (SSSR count). The highest BCUT2D eigenvalue weighted by atomic mass is 79.9. The van der Waals surface area contributed by atoms with E-state index >= 15 is 0 Å². The van der Waals surface area contributed by atoms with Crippen molar-refractivity contribution in [3.8, 4) is 11.5 Å². The van der Waals surface area contributed by atoms with Crippen LogP contribution in [0.15, 0.2) is 46.9 Å². The van der Waals surface area contributed by atoms with Crippen LogP contribution in [0.5, 0.6) is 11.5 Å². The van der Waals surface area contributed by atoms with Gasteiger partial charge in [-0.15, -0.1) is 0 Å². The van der Waals surface area contributed by atoms with E-state index in [0.717, 1.165) is 6.29 Å². The summed E-state index contributed by atoms with van der Waals surface area (Å²) in [7, 11) is 0. The Balaban J connectivity index is 2.19. The van der Waals surface area contributed by atoms with Crippen molar-refractivity contribution in [3.05, 3.63) is 58.3 Å². The minimum atomic E-state index is -0.339. The third-order valence-electron chi connectivity index (χ3n) is 2.14. The third kappa shape index (κ3) is 2.91. The fourth-order valence-corrected chi connectivity index (χ4v) is 1.65. The molecule has 0 saturated heterocycles. The van der Waals surface area contributed by atoms with Crippen molar-refractivity contribution in [1.82, 2.24) is 0 Å². The maximum atomic E-state index is 13.0. The molecule has 2 aromatic rings. The summed E-state index contributed by atoms with van der Waals surface area (Å²) in [6, 6.07) is 11.1. The van der Waals surface area contributed by atoms with Gasteiger partial charge >= 0.3 is 0 Å². The summed E-state index contributed by atoms with van der Waals surface area (Å²) in [6.07, 6.45) is 0.762. The number of halogens is 2. The van der Waals surface area contributed by atoms with Crippen molar-refractivity contribution in [3.63, 3.8) is 0 Å². The number of hydrogen-bond acceptors (Lipinski definition) is 2. The van der Waals surface area contributed by atoms with Gasteiger partial charge in [0.1, 0.15) is 23.6 Å². The van der Waals surface area contributed by atoms with E-state index in [-0.39, 0.29) is 5.82 Å². The number of ether oxygens (including phenoxy) is 1. The molecule has 17 heavy (non-hydrogen) atoms. The monoisotopic (exact) mass is 294 g/mol. The highest BCUT2D eigenvalue weighted by molar-refractivity contribution is 9.10. The van der Waals surface area contributed by atoms with Gasteiger partial charge < -0.3 is 4.74 Å². The Hall–Kier alpha value is -1.68. The van der Waals surface area contributed by atoms with Gasteiger partial charge in [0.25, 0.3) is 0 Å². The Morgan fingerprint density at radius 3 is 2.29 bits per heavy atom. The van der Waals surface area contributed by atoms with Crippen molar-refractivity contribution < 1.29 is 13.9 Å². The largest absolute Gasteiger partial charge is 0.457 e. The Labute approximate surface area is 106 Å². The predicted molar refractivity (Wildman–Crippen MR) is 66.0 cm³/mol. The van der Waals surface area contributed by atoms with Gasteiger partial charge in [0.15, 0.2) is 0 Å². The van der Waals surface area contributed by atoms with E-state index in [1.165, 1.54) is 12.1 Å². The third-order valence-corrected chi connectivity index (χ3v) is 2.75. The average molecular weight is 295 g/mol. The summed E-state index contributed by atoms with van der Waals surface area (Å²) >= 11 is 3.08. The van der Waals surface area contributed by atoms with Crippen LogP contribution in [0.3, 0.4) is 0 Å². The van der Waals surface area contributed by atoms with Crippen molar-refractivity contribution in [2.24, 2.45) is 0 Å². The molecule has 0 atom stereocenters. The molecule has 0 aliphatic rings. The van der Waals surface area contributed by atoms with E-state index < -0.39 is 0 Å². The molecule has 86 valence electrons. The Bertz CT molecular complexity index is 538. The number of hydrogen-bond donors (Lipinski definition) is 0. The lowest BCUT2D eigenvalue weighted by atomic mass is 10.2. The molecular formula is C13H8BrFO2. The van der Waals surface area contributed by atoms with E-state index in [1.807, 2.05) is 0 Å². The molecule has 4 heteroatoms. The summed E-state index contributed by atoms with van der Waals surface area (Å²) in [5.74, 6) is 0.778. The second-order valence-corrected chi connectivity index (χ2v) is 4.22. The van der Waals surface area contributed by atoms with Crippen LogP contribution in [0.25, 0.3) is 0 Å². The summed E-state index contributed by atoms with van der Waals surface area (Å²) in [5, 5.41) is 0. The van der Waals surface area contributed by atoms with E-state index in [4.69, 9.17) is 4.74 Å². The topological polar surface area (TPSA) is 26.3 Å². The minimum Gasteiger partial charge on any atom is -0.457 e. The lowest BCUT2D eigenvalue weighted by molar-refractivity contribution is 0.112. The number of rotatable bonds is 3. The van der Waals surface area contributed by atoms with Crippen molar-refractivity contribution in [2.75, 3.05) is 0 Å². The van der Waals surface area contributed by atoms with Crippen LogP contribution in [0.1, 0.15) is 10.4 Å². The van der Waals surface area contributed by atoms with E-state index in [1.54, 1.807) is 30.3 Å². The highest BCUT2D eigenvalue weighted by Gasteiger charge is 2.02. The average Bonchev–Trinajstić information content (AvgIpc) is 2.35. The maximum absolute atomic E-state index is 13.0. The normalized spacial score (nSPS) is 10.0. The Morgan fingerprint density at radius 2 is 1.71 bits per heavy atom. The predicted octanol–water partition coefficient (Wildman–Crippen LogP) is 4.19. The molecule has 2 nitrogen and oxygen atoms in total. The molecule has 0 unspecified atom stereocenters. The van der Waals surface area contributed by atoms with E-state index in [0.29, 0.717) is 21.5 Å². The van der Waals surface area contributed by atoms with E-state index in [9.17, 15) is 9.18 Å². The molecular weight excluding hydrogens is 287 g/mol. The first-order chi connectivity index (χ1) is 8.19. The van der Waals surface area contributed by atoms with Crippen LogP contribution in [-0.2, 0) is 0 Å². The van der Waals surface area contributed by atoms with Gasteiger partial charge in [0, 0.05) is 5.56 Å². The number of carbonyl (C=O) groups excluding carboxylic acids is 1. The fraction of sp³-hybridized carbons (Fsp3) is 0. The number of aldehydes is 1. The van der Waals surface area contributed by atoms with Gasteiger partial charge in [-0.1, -0.05) is 0 Å². The summed E-state index contributed by atoms with van der Waals surface area (Å²) in [4.78, 5) is 10.5. The zero-order chi connectivity index (χ0) is 12.3. The van der Waals surface area contributed by atoms with Gasteiger partial charge in [0.05, 0.1) is 4.47 Å². The number of benzene rings is 2. The first-order valence-electron chi connectivity index (χ1n) is 4.87. The zero-order valence-corrected chi connectivity index (χ0v) is 10.3. The zero-order valence-electron chi connectivity index (χ0n) is 8.69. The molecule has 0 heterocycles. The maximum Gasteiger partial charge on any atom is 0.150 e. The number of carbonyl (C=O) groups is 1. The van der Waals surface area contributed by atoms with Crippen LogP contribution in [0.4, 0.5) is 4.39 Å². The Morgan fingerprint density at radius 1 is 1.06 bits per heavy atom. The van der Waals surface area contributed by atoms with Crippen LogP contribution in [0, 0.1) is 5.82 Å². The van der Waals surface area contributed by atoms with Gasteiger partial charge in [-0.05, 0) is 58.4 Å². The van der Waals surface area contributed by atoms with Crippen LogP contribution >= 0.6 is 15.9 Å². The van der Waals surface area contributed by atoms with Crippen LogP contribution < -0.4 is 4.74 Å². The fourth-order valence-electron chi connectivity index (χ4n) is 1.29. The summed E-state index contributed by atoms with van der Waals surface area (Å²) in [6.45, 7) is 0. The van der Waals surface area contributed by atoms with Gasteiger partial charge in [-0.25, -0.2) is 4.39 Å². The second kappa shape index (κ2) is 5.10. The van der Waals surface area contributed by atoms with Crippen LogP contribution in [0.2, 0.25) is 0 Å². The minimum absolute atomic E-state index is 0.339. The molecule has 0 aliphatic carbocycles. The smallest absolute Gasteiger partial charge is 0.150 e. The summed E-state index contributed by atoms with van der Waals surface area (Å²) in [5.41, 5.74) is 0.581. The molecule has 0 saturated carbocycles. The molecule has 0 N–H and O–H groups in total. The molecule has 0 spiro atoms.